The average molecular weight is 237 g/mol. The standard InChI is InChI=1S/C17H19N/c1-3-7-14(8-4-1)16-11-12-18-17(13-16)15-9-5-2-6-10-15/h1-10,16-18H,11-13H2/t16-,17-/m0/s1. The van der Waals surface area contributed by atoms with Crippen molar-refractivity contribution in [1.82, 2.24) is 5.32 Å². The van der Waals surface area contributed by atoms with Gasteiger partial charge in [-0.15, -0.1) is 0 Å². The molecule has 1 nitrogen and oxygen atoms in total. The van der Waals surface area contributed by atoms with Gasteiger partial charge in [0.25, 0.3) is 0 Å². The van der Waals surface area contributed by atoms with Gasteiger partial charge >= 0.3 is 0 Å². The highest BCUT2D eigenvalue weighted by atomic mass is 14.9. The minimum atomic E-state index is 0.505. The van der Waals surface area contributed by atoms with Gasteiger partial charge in [0.2, 0.25) is 0 Å². The van der Waals surface area contributed by atoms with Gasteiger partial charge in [-0.25, -0.2) is 0 Å². The second-order valence-corrected chi connectivity index (χ2v) is 5.05. The monoisotopic (exact) mass is 237 g/mol. The minimum absolute atomic E-state index is 0.505. The van der Waals surface area contributed by atoms with Crippen LogP contribution in [0.3, 0.4) is 0 Å². The maximum Gasteiger partial charge on any atom is 0.0326 e. The number of benzene rings is 2. The van der Waals surface area contributed by atoms with E-state index in [2.05, 4.69) is 66.0 Å². The molecule has 0 aromatic heterocycles. The molecule has 2 aromatic carbocycles. The highest BCUT2D eigenvalue weighted by Crippen LogP contribution is 2.33. The Morgan fingerprint density at radius 3 is 2.06 bits per heavy atom. The van der Waals surface area contributed by atoms with Crippen molar-refractivity contribution in [3.63, 3.8) is 0 Å². The summed E-state index contributed by atoms with van der Waals surface area (Å²) in [5.41, 5.74) is 2.90. The van der Waals surface area contributed by atoms with Crippen LogP contribution in [-0.4, -0.2) is 6.54 Å². The van der Waals surface area contributed by atoms with E-state index >= 15 is 0 Å². The van der Waals surface area contributed by atoms with Crippen LogP contribution in [0.4, 0.5) is 0 Å². The molecule has 1 fully saturated rings. The Morgan fingerprint density at radius 1 is 0.778 bits per heavy atom. The topological polar surface area (TPSA) is 12.0 Å². The van der Waals surface area contributed by atoms with Gasteiger partial charge in [-0.3, -0.25) is 0 Å². The number of nitrogens with one attached hydrogen (secondary N) is 1. The van der Waals surface area contributed by atoms with Gasteiger partial charge in [0.15, 0.2) is 0 Å². The Labute approximate surface area is 109 Å². The zero-order valence-electron chi connectivity index (χ0n) is 10.5. The van der Waals surface area contributed by atoms with Gasteiger partial charge in [0, 0.05) is 6.04 Å². The maximum absolute atomic E-state index is 3.64. The van der Waals surface area contributed by atoms with Crippen LogP contribution in [-0.2, 0) is 0 Å². The largest absolute Gasteiger partial charge is 0.310 e. The van der Waals surface area contributed by atoms with E-state index < -0.39 is 0 Å². The van der Waals surface area contributed by atoms with Crippen molar-refractivity contribution in [2.24, 2.45) is 0 Å². The lowest BCUT2D eigenvalue weighted by atomic mass is 9.84. The first kappa shape index (κ1) is 11.5. The van der Waals surface area contributed by atoms with Gasteiger partial charge in [0.1, 0.15) is 0 Å². The molecule has 1 aliphatic heterocycles. The summed E-state index contributed by atoms with van der Waals surface area (Å²) in [4.78, 5) is 0. The summed E-state index contributed by atoms with van der Waals surface area (Å²) in [5, 5.41) is 3.64. The number of hydrogen-bond donors (Lipinski definition) is 1. The molecule has 0 unspecified atom stereocenters. The van der Waals surface area contributed by atoms with E-state index in [9.17, 15) is 0 Å². The van der Waals surface area contributed by atoms with Gasteiger partial charge in [-0.05, 0) is 36.4 Å². The molecular formula is C17H19N. The van der Waals surface area contributed by atoms with Crippen LogP contribution >= 0.6 is 0 Å². The van der Waals surface area contributed by atoms with E-state index in [-0.39, 0.29) is 0 Å². The van der Waals surface area contributed by atoms with Gasteiger partial charge in [0.05, 0.1) is 0 Å². The van der Waals surface area contributed by atoms with Crippen molar-refractivity contribution in [2.45, 2.75) is 24.8 Å². The van der Waals surface area contributed by atoms with E-state index in [4.69, 9.17) is 0 Å². The molecule has 0 saturated carbocycles. The summed E-state index contributed by atoms with van der Waals surface area (Å²) < 4.78 is 0. The zero-order valence-corrected chi connectivity index (χ0v) is 10.5. The first-order valence-corrected chi connectivity index (χ1v) is 6.77. The van der Waals surface area contributed by atoms with E-state index in [0.29, 0.717) is 12.0 Å². The summed E-state index contributed by atoms with van der Waals surface area (Å²) >= 11 is 0. The minimum Gasteiger partial charge on any atom is -0.310 e. The van der Waals surface area contributed by atoms with Crippen LogP contribution in [0.15, 0.2) is 60.7 Å². The van der Waals surface area contributed by atoms with Crippen LogP contribution in [0.5, 0.6) is 0 Å². The van der Waals surface area contributed by atoms with E-state index in [1.165, 1.54) is 24.0 Å². The van der Waals surface area contributed by atoms with Crippen LogP contribution < -0.4 is 5.32 Å². The molecule has 2 aromatic rings. The summed E-state index contributed by atoms with van der Waals surface area (Å²) in [6, 6.07) is 22.2. The second-order valence-electron chi connectivity index (χ2n) is 5.05. The predicted molar refractivity (Wildman–Crippen MR) is 75.6 cm³/mol. The molecular weight excluding hydrogens is 218 g/mol. The van der Waals surface area contributed by atoms with Crippen molar-refractivity contribution >= 4 is 0 Å². The van der Waals surface area contributed by atoms with Gasteiger partial charge < -0.3 is 5.32 Å². The molecule has 0 spiro atoms. The van der Waals surface area contributed by atoms with Crippen molar-refractivity contribution in [1.29, 1.82) is 0 Å². The zero-order chi connectivity index (χ0) is 12.2. The number of piperidine rings is 1. The highest BCUT2D eigenvalue weighted by molar-refractivity contribution is 5.24. The molecule has 0 bridgehead atoms. The molecule has 0 aliphatic carbocycles. The van der Waals surface area contributed by atoms with Gasteiger partial charge in [-0.2, -0.15) is 0 Å². The Bertz CT molecular complexity index is 432. The highest BCUT2D eigenvalue weighted by Gasteiger charge is 2.23. The quantitative estimate of drug-likeness (QED) is 0.835. The lowest BCUT2D eigenvalue weighted by Gasteiger charge is -2.31. The molecule has 18 heavy (non-hydrogen) atoms. The van der Waals surface area contributed by atoms with Crippen molar-refractivity contribution in [2.75, 3.05) is 6.54 Å². The lowest BCUT2D eigenvalue weighted by Crippen LogP contribution is -2.30. The van der Waals surface area contributed by atoms with Gasteiger partial charge in [-0.1, -0.05) is 60.7 Å². The van der Waals surface area contributed by atoms with Crippen LogP contribution in [0, 0.1) is 0 Å². The Morgan fingerprint density at radius 2 is 1.39 bits per heavy atom. The summed E-state index contributed by atoms with van der Waals surface area (Å²) in [6.45, 7) is 1.11. The normalized spacial score (nSPS) is 23.8. The summed E-state index contributed by atoms with van der Waals surface area (Å²) in [7, 11) is 0. The molecule has 2 atom stereocenters. The third-order valence-corrected chi connectivity index (χ3v) is 3.88. The molecule has 1 aliphatic rings. The summed E-state index contributed by atoms with van der Waals surface area (Å²) in [5.74, 6) is 0.692. The molecule has 92 valence electrons. The van der Waals surface area contributed by atoms with Crippen LogP contribution in [0.1, 0.15) is 35.9 Å². The molecule has 1 heterocycles. The van der Waals surface area contributed by atoms with E-state index in [0.717, 1.165) is 6.54 Å². The van der Waals surface area contributed by atoms with Crippen LogP contribution in [0.25, 0.3) is 0 Å². The van der Waals surface area contributed by atoms with E-state index in [1.54, 1.807) is 0 Å². The number of rotatable bonds is 2. The maximum atomic E-state index is 3.64. The first-order chi connectivity index (χ1) is 8.93. The molecule has 0 amide bonds. The Hall–Kier alpha value is -1.60. The molecule has 1 saturated heterocycles. The fourth-order valence-corrected chi connectivity index (χ4v) is 2.88. The predicted octanol–water partition coefficient (Wildman–Crippen LogP) is 3.89. The van der Waals surface area contributed by atoms with Crippen molar-refractivity contribution in [3.8, 4) is 0 Å². The molecule has 1 heteroatoms. The van der Waals surface area contributed by atoms with E-state index in [1.807, 2.05) is 0 Å². The lowest BCUT2D eigenvalue weighted by molar-refractivity contribution is 0.370. The molecule has 1 N–H and O–H groups in total. The smallest absolute Gasteiger partial charge is 0.0326 e. The Kier molecular flexibility index (Phi) is 3.42. The first-order valence-electron chi connectivity index (χ1n) is 6.77. The third-order valence-electron chi connectivity index (χ3n) is 3.88. The van der Waals surface area contributed by atoms with Crippen LogP contribution in [0.2, 0.25) is 0 Å². The molecule has 0 radical (unpaired) electrons. The third kappa shape index (κ3) is 2.46. The molecule has 3 rings (SSSR count). The van der Waals surface area contributed by atoms with Crippen molar-refractivity contribution < 1.29 is 0 Å². The Balaban J connectivity index is 1.77. The fraction of sp³-hybridized carbons (Fsp3) is 0.294. The average Bonchev–Trinajstić information content (AvgIpc) is 2.49. The van der Waals surface area contributed by atoms with Crippen molar-refractivity contribution in [3.05, 3.63) is 71.8 Å². The number of hydrogen-bond acceptors (Lipinski definition) is 1. The SMILES string of the molecule is c1ccc([C@H]2CCN[C@H](c3ccccc3)C2)cc1. The fourth-order valence-electron chi connectivity index (χ4n) is 2.88. The summed E-state index contributed by atoms with van der Waals surface area (Å²) in [6.07, 6.45) is 2.45. The second kappa shape index (κ2) is 5.36.